The molecule has 0 spiro atoms. The third kappa shape index (κ3) is 3.06. The van der Waals surface area contributed by atoms with Gasteiger partial charge in [0.25, 0.3) is 5.56 Å². The number of aromatic nitrogens is 2. The number of hydrogen-bond donors (Lipinski definition) is 0. The van der Waals surface area contributed by atoms with Gasteiger partial charge in [-0.05, 0) is 56.2 Å². The summed E-state index contributed by atoms with van der Waals surface area (Å²) in [6.07, 6.45) is 0. The van der Waals surface area contributed by atoms with Crippen LogP contribution < -0.4 is 5.56 Å². The first-order valence-electron chi connectivity index (χ1n) is 7.66. The molecule has 0 amide bonds. The topological polar surface area (TPSA) is 58.7 Å². The molecule has 5 heteroatoms. The molecule has 0 radical (unpaired) electrons. The van der Waals surface area contributed by atoms with Crippen molar-refractivity contribution in [2.24, 2.45) is 0 Å². The van der Waals surface area contributed by atoms with Crippen LogP contribution in [0.15, 0.2) is 52.4 Å². The molecule has 1 atom stereocenters. The molecular weight excluding hydrogens is 318 g/mol. The molecule has 1 heterocycles. The fraction of sp³-hybridized carbons (Fsp3) is 0.211. The lowest BCUT2D eigenvalue weighted by atomic mass is 10.1. The highest BCUT2D eigenvalue weighted by Gasteiger charge is 2.16. The predicted octanol–water partition coefficient (Wildman–Crippen LogP) is 4.01. The highest BCUT2D eigenvalue weighted by atomic mass is 32.2. The number of hydrogen-bond acceptors (Lipinski definition) is 4. The molecule has 0 N–H and O–H groups in total. The van der Waals surface area contributed by atoms with Crippen LogP contribution >= 0.6 is 11.8 Å². The van der Waals surface area contributed by atoms with Crippen molar-refractivity contribution < 1.29 is 0 Å². The molecule has 120 valence electrons. The van der Waals surface area contributed by atoms with Crippen LogP contribution in [0.3, 0.4) is 0 Å². The van der Waals surface area contributed by atoms with Crippen molar-refractivity contribution in [3.05, 3.63) is 63.9 Å². The van der Waals surface area contributed by atoms with E-state index < -0.39 is 0 Å². The molecule has 0 unspecified atom stereocenters. The van der Waals surface area contributed by atoms with E-state index >= 15 is 0 Å². The van der Waals surface area contributed by atoms with Gasteiger partial charge in [-0.15, -0.1) is 0 Å². The molecule has 0 fully saturated rings. The summed E-state index contributed by atoms with van der Waals surface area (Å²) in [7, 11) is 0. The maximum Gasteiger partial charge on any atom is 0.266 e. The fourth-order valence-corrected chi connectivity index (χ4v) is 3.50. The molecule has 1 aromatic heterocycles. The van der Waals surface area contributed by atoms with Crippen molar-refractivity contribution in [2.75, 3.05) is 0 Å². The SMILES string of the molecule is Cc1cc(C)cc(-n2c(S[C@H](C)C#N)nc3ccccc3c2=O)c1. The zero-order valence-corrected chi connectivity index (χ0v) is 14.6. The first kappa shape index (κ1) is 16.3. The molecule has 0 saturated heterocycles. The predicted molar refractivity (Wildman–Crippen MR) is 97.7 cm³/mol. The van der Waals surface area contributed by atoms with Gasteiger partial charge in [-0.3, -0.25) is 9.36 Å². The van der Waals surface area contributed by atoms with Crippen molar-refractivity contribution >= 4 is 22.7 Å². The number of thioether (sulfide) groups is 1. The number of nitriles is 1. The van der Waals surface area contributed by atoms with E-state index in [1.807, 2.05) is 44.2 Å². The van der Waals surface area contributed by atoms with Crippen molar-refractivity contribution in [1.82, 2.24) is 9.55 Å². The highest BCUT2D eigenvalue weighted by molar-refractivity contribution is 8.00. The van der Waals surface area contributed by atoms with Crippen LogP contribution in [0.25, 0.3) is 16.6 Å². The van der Waals surface area contributed by atoms with Crippen LogP contribution in [-0.4, -0.2) is 14.8 Å². The molecule has 2 aromatic carbocycles. The van der Waals surface area contributed by atoms with E-state index in [1.54, 1.807) is 17.6 Å². The molecule has 0 bridgehead atoms. The first-order chi connectivity index (χ1) is 11.5. The van der Waals surface area contributed by atoms with E-state index in [9.17, 15) is 4.79 Å². The molecule has 0 aliphatic rings. The molecule has 3 rings (SSSR count). The lowest BCUT2D eigenvalue weighted by Gasteiger charge is -2.15. The Morgan fingerprint density at radius 3 is 2.50 bits per heavy atom. The third-order valence-corrected chi connectivity index (χ3v) is 4.62. The zero-order chi connectivity index (χ0) is 17.3. The quantitative estimate of drug-likeness (QED) is 0.536. The average Bonchev–Trinajstić information content (AvgIpc) is 2.54. The summed E-state index contributed by atoms with van der Waals surface area (Å²) in [5, 5.41) is 9.96. The summed E-state index contributed by atoms with van der Waals surface area (Å²) in [5.41, 5.74) is 3.47. The minimum Gasteiger partial charge on any atom is -0.268 e. The number of aryl methyl sites for hydroxylation is 2. The van der Waals surface area contributed by atoms with Gasteiger partial charge in [-0.1, -0.05) is 30.0 Å². The summed E-state index contributed by atoms with van der Waals surface area (Å²) < 4.78 is 1.61. The molecule has 0 aliphatic heterocycles. The summed E-state index contributed by atoms with van der Waals surface area (Å²) in [6, 6.07) is 15.5. The molecule has 24 heavy (non-hydrogen) atoms. The number of para-hydroxylation sites is 1. The summed E-state index contributed by atoms with van der Waals surface area (Å²) >= 11 is 1.30. The Kier molecular flexibility index (Phi) is 4.41. The average molecular weight is 335 g/mol. The molecule has 0 saturated carbocycles. The Morgan fingerprint density at radius 2 is 1.83 bits per heavy atom. The van der Waals surface area contributed by atoms with Crippen LogP contribution in [0.2, 0.25) is 0 Å². The highest BCUT2D eigenvalue weighted by Crippen LogP contribution is 2.25. The summed E-state index contributed by atoms with van der Waals surface area (Å²) in [4.78, 5) is 17.7. The monoisotopic (exact) mass is 335 g/mol. The lowest BCUT2D eigenvalue weighted by molar-refractivity contribution is 0.816. The van der Waals surface area contributed by atoms with Crippen molar-refractivity contribution in [3.8, 4) is 11.8 Å². The molecule has 4 nitrogen and oxygen atoms in total. The Hall–Kier alpha value is -2.58. The van der Waals surface area contributed by atoms with E-state index in [4.69, 9.17) is 5.26 Å². The summed E-state index contributed by atoms with van der Waals surface area (Å²) in [5.74, 6) is 0. The Balaban J connectivity index is 2.35. The standard InChI is InChI=1S/C19H17N3OS/c1-12-8-13(2)10-15(9-12)22-18(23)16-6-4-5-7-17(16)21-19(22)24-14(3)11-20/h4-10,14H,1-3H3/t14-/m1/s1. The van der Waals surface area contributed by atoms with E-state index in [1.165, 1.54) is 11.8 Å². The second-order valence-corrected chi connectivity index (χ2v) is 7.10. The van der Waals surface area contributed by atoms with Gasteiger partial charge in [0.05, 0.1) is 27.9 Å². The van der Waals surface area contributed by atoms with Gasteiger partial charge >= 0.3 is 0 Å². The van der Waals surface area contributed by atoms with Gasteiger partial charge < -0.3 is 0 Å². The Labute approximate surface area is 144 Å². The minimum absolute atomic E-state index is 0.113. The van der Waals surface area contributed by atoms with Crippen molar-refractivity contribution in [2.45, 2.75) is 31.2 Å². The van der Waals surface area contributed by atoms with E-state index in [0.29, 0.717) is 16.1 Å². The van der Waals surface area contributed by atoms with Gasteiger partial charge in [0.15, 0.2) is 5.16 Å². The maximum absolute atomic E-state index is 13.1. The largest absolute Gasteiger partial charge is 0.268 e. The Bertz CT molecular complexity index is 997. The van der Waals surface area contributed by atoms with Crippen LogP contribution in [0.4, 0.5) is 0 Å². The summed E-state index contributed by atoms with van der Waals surface area (Å²) in [6.45, 7) is 5.80. The number of rotatable bonds is 3. The lowest BCUT2D eigenvalue weighted by Crippen LogP contribution is -2.22. The van der Waals surface area contributed by atoms with E-state index in [-0.39, 0.29) is 10.8 Å². The van der Waals surface area contributed by atoms with Gasteiger partial charge in [0, 0.05) is 0 Å². The van der Waals surface area contributed by atoms with Gasteiger partial charge in [0.1, 0.15) is 0 Å². The van der Waals surface area contributed by atoms with Crippen LogP contribution in [-0.2, 0) is 0 Å². The van der Waals surface area contributed by atoms with E-state index in [0.717, 1.165) is 16.8 Å². The number of nitrogens with zero attached hydrogens (tertiary/aromatic N) is 3. The fourth-order valence-electron chi connectivity index (χ4n) is 2.68. The van der Waals surface area contributed by atoms with Crippen molar-refractivity contribution in [1.29, 1.82) is 5.26 Å². The second kappa shape index (κ2) is 6.50. The van der Waals surface area contributed by atoms with Crippen LogP contribution in [0.5, 0.6) is 0 Å². The zero-order valence-electron chi connectivity index (χ0n) is 13.8. The van der Waals surface area contributed by atoms with Crippen LogP contribution in [0.1, 0.15) is 18.1 Å². The molecular formula is C19H17N3OS. The molecule has 3 aromatic rings. The Morgan fingerprint density at radius 1 is 1.17 bits per heavy atom. The number of benzene rings is 2. The maximum atomic E-state index is 13.1. The van der Waals surface area contributed by atoms with Crippen molar-refractivity contribution in [3.63, 3.8) is 0 Å². The van der Waals surface area contributed by atoms with E-state index in [2.05, 4.69) is 17.1 Å². The third-order valence-electron chi connectivity index (χ3n) is 3.67. The number of fused-ring (bicyclic) bond motifs is 1. The van der Waals surface area contributed by atoms with Gasteiger partial charge in [0.2, 0.25) is 0 Å². The van der Waals surface area contributed by atoms with Gasteiger partial charge in [-0.25, -0.2) is 4.98 Å². The second-order valence-electron chi connectivity index (χ2n) is 5.79. The first-order valence-corrected chi connectivity index (χ1v) is 8.54. The van der Waals surface area contributed by atoms with Gasteiger partial charge in [-0.2, -0.15) is 5.26 Å². The molecule has 0 aliphatic carbocycles. The van der Waals surface area contributed by atoms with Crippen LogP contribution in [0, 0.1) is 25.2 Å². The minimum atomic E-state index is -0.296. The smallest absolute Gasteiger partial charge is 0.266 e. The normalized spacial score (nSPS) is 12.1.